The molecule has 80 valence electrons. The number of rotatable bonds is 1. The molecule has 2 rings (SSSR count). The van der Waals surface area contributed by atoms with Crippen LogP contribution in [0.1, 0.15) is 18.0 Å². The van der Waals surface area contributed by atoms with Gasteiger partial charge in [0, 0.05) is 17.4 Å². The SMILES string of the molecule is NC1=NC(c2ccc(F)cc2F)CCS1. The molecule has 0 fully saturated rings. The Kier molecular flexibility index (Phi) is 2.90. The van der Waals surface area contributed by atoms with Crippen molar-refractivity contribution in [3.05, 3.63) is 35.4 Å². The molecule has 0 amide bonds. The third kappa shape index (κ3) is 2.28. The molecule has 0 saturated carbocycles. The zero-order valence-electron chi connectivity index (χ0n) is 7.91. The van der Waals surface area contributed by atoms with E-state index in [0.29, 0.717) is 10.7 Å². The molecule has 1 aliphatic rings. The van der Waals surface area contributed by atoms with Crippen LogP contribution in [0.5, 0.6) is 0 Å². The van der Waals surface area contributed by atoms with Crippen molar-refractivity contribution in [1.82, 2.24) is 0 Å². The van der Waals surface area contributed by atoms with Crippen molar-refractivity contribution in [2.45, 2.75) is 12.5 Å². The number of hydrogen-bond acceptors (Lipinski definition) is 3. The fraction of sp³-hybridized carbons (Fsp3) is 0.300. The largest absolute Gasteiger partial charge is 0.379 e. The summed E-state index contributed by atoms with van der Waals surface area (Å²) >= 11 is 1.46. The molecule has 0 saturated heterocycles. The van der Waals surface area contributed by atoms with Crippen LogP contribution >= 0.6 is 11.8 Å². The van der Waals surface area contributed by atoms with E-state index < -0.39 is 11.6 Å². The first kappa shape index (κ1) is 10.4. The van der Waals surface area contributed by atoms with E-state index in [4.69, 9.17) is 5.73 Å². The summed E-state index contributed by atoms with van der Waals surface area (Å²) in [5, 5.41) is 0.468. The van der Waals surface area contributed by atoms with Gasteiger partial charge >= 0.3 is 0 Å². The van der Waals surface area contributed by atoms with E-state index in [1.54, 1.807) is 0 Å². The Morgan fingerprint density at radius 3 is 2.87 bits per heavy atom. The van der Waals surface area contributed by atoms with Gasteiger partial charge in [-0.2, -0.15) is 0 Å². The van der Waals surface area contributed by atoms with Crippen LogP contribution in [0.2, 0.25) is 0 Å². The van der Waals surface area contributed by atoms with E-state index in [9.17, 15) is 8.78 Å². The molecule has 0 radical (unpaired) electrons. The minimum atomic E-state index is -0.571. The normalized spacial score (nSPS) is 21.2. The number of amidine groups is 1. The maximum absolute atomic E-state index is 13.4. The molecule has 1 heterocycles. The molecule has 1 atom stereocenters. The lowest BCUT2D eigenvalue weighted by Crippen LogP contribution is -2.16. The Hall–Kier alpha value is -1.10. The molecule has 2 nitrogen and oxygen atoms in total. The fourth-order valence-corrected chi connectivity index (χ4v) is 2.28. The molecule has 15 heavy (non-hydrogen) atoms. The average Bonchev–Trinajstić information content (AvgIpc) is 2.17. The van der Waals surface area contributed by atoms with Crippen molar-refractivity contribution in [2.75, 3.05) is 5.75 Å². The summed E-state index contributed by atoms with van der Waals surface area (Å²) in [5.41, 5.74) is 5.98. The molecule has 2 N–H and O–H groups in total. The summed E-state index contributed by atoms with van der Waals surface area (Å²) in [4.78, 5) is 4.14. The van der Waals surface area contributed by atoms with E-state index in [1.807, 2.05) is 0 Å². The fourth-order valence-electron chi connectivity index (χ4n) is 1.53. The van der Waals surface area contributed by atoms with Crippen molar-refractivity contribution in [2.24, 2.45) is 10.7 Å². The second-order valence-electron chi connectivity index (χ2n) is 3.29. The maximum Gasteiger partial charge on any atom is 0.154 e. The highest BCUT2D eigenvalue weighted by Gasteiger charge is 2.19. The van der Waals surface area contributed by atoms with E-state index >= 15 is 0 Å². The average molecular weight is 228 g/mol. The third-order valence-corrected chi connectivity index (χ3v) is 3.09. The summed E-state index contributed by atoms with van der Waals surface area (Å²) in [6, 6.07) is 3.28. The van der Waals surface area contributed by atoms with E-state index in [2.05, 4.69) is 4.99 Å². The molecule has 0 spiro atoms. The minimum absolute atomic E-state index is 0.271. The first-order valence-electron chi connectivity index (χ1n) is 4.58. The van der Waals surface area contributed by atoms with Crippen molar-refractivity contribution in [1.29, 1.82) is 0 Å². The molecular formula is C10H10F2N2S. The molecule has 5 heteroatoms. The van der Waals surface area contributed by atoms with Gasteiger partial charge in [-0.15, -0.1) is 0 Å². The number of halogens is 2. The lowest BCUT2D eigenvalue weighted by molar-refractivity contribution is 0.552. The van der Waals surface area contributed by atoms with Crippen molar-refractivity contribution in [3.63, 3.8) is 0 Å². The van der Waals surface area contributed by atoms with Gasteiger partial charge in [0.05, 0.1) is 6.04 Å². The Labute approximate surface area is 90.6 Å². The van der Waals surface area contributed by atoms with Gasteiger partial charge in [-0.25, -0.2) is 8.78 Å². The van der Waals surface area contributed by atoms with Crippen molar-refractivity contribution in [3.8, 4) is 0 Å². The first-order valence-corrected chi connectivity index (χ1v) is 5.56. The van der Waals surface area contributed by atoms with Gasteiger partial charge in [-0.1, -0.05) is 17.8 Å². The second kappa shape index (κ2) is 4.18. The zero-order valence-corrected chi connectivity index (χ0v) is 8.73. The maximum atomic E-state index is 13.4. The Morgan fingerprint density at radius 1 is 1.40 bits per heavy atom. The highest BCUT2D eigenvalue weighted by molar-refractivity contribution is 8.13. The van der Waals surface area contributed by atoms with Crippen LogP contribution < -0.4 is 5.73 Å². The quantitative estimate of drug-likeness (QED) is 0.801. The summed E-state index contributed by atoms with van der Waals surface area (Å²) in [5.74, 6) is -0.307. The Morgan fingerprint density at radius 2 is 2.20 bits per heavy atom. The van der Waals surface area contributed by atoms with Gasteiger partial charge in [0.15, 0.2) is 5.17 Å². The lowest BCUT2D eigenvalue weighted by Gasteiger charge is -2.18. The van der Waals surface area contributed by atoms with Crippen LogP contribution in [0.3, 0.4) is 0 Å². The molecule has 1 aliphatic heterocycles. The van der Waals surface area contributed by atoms with Gasteiger partial charge in [0.1, 0.15) is 11.6 Å². The number of nitrogens with two attached hydrogens (primary N) is 1. The van der Waals surface area contributed by atoms with E-state index in [1.165, 1.54) is 23.9 Å². The molecule has 1 aromatic rings. The summed E-state index contributed by atoms with van der Waals surface area (Å²) in [6.07, 6.45) is 0.730. The lowest BCUT2D eigenvalue weighted by atomic mass is 10.0. The topological polar surface area (TPSA) is 38.4 Å². The van der Waals surface area contributed by atoms with Gasteiger partial charge in [-0.3, -0.25) is 4.99 Å². The van der Waals surface area contributed by atoms with Crippen LogP contribution in [-0.2, 0) is 0 Å². The van der Waals surface area contributed by atoms with Gasteiger partial charge in [-0.05, 0) is 12.5 Å². The minimum Gasteiger partial charge on any atom is -0.379 e. The molecule has 1 aromatic carbocycles. The highest BCUT2D eigenvalue weighted by atomic mass is 32.2. The van der Waals surface area contributed by atoms with E-state index in [0.717, 1.165) is 18.2 Å². The molecule has 0 aliphatic carbocycles. The molecule has 0 bridgehead atoms. The van der Waals surface area contributed by atoms with Crippen molar-refractivity contribution >= 4 is 16.9 Å². The predicted octanol–water partition coefficient (Wildman–Crippen LogP) is 2.46. The zero-order chi connectivity index (χ0) is 10.8. The van der Waals surface area contributed by atoms with Crippen LogP contribution in [0, 0.1) is 11.6 Å². The summed E-state index contributed by atoms with van der Waals surface area (Å²) in [6.45, 7) is 0. The van der Waals surface area contributed by atoms with Crippen LogP contribution in [0.4, 0.5) is 8.78 Å². The third-order valence-electron chi connectivity index (χ3n) is 2.25. The van der Waals surface area contributed by atoms with Crippen LogP contribution in [0.15, 0.2) is 23.2 Å². The smallest absolute Gasteiger partial charge is 0.154 e. The number of aliphatic imine (C=N–C) groups is 1. The van der Waals surface area contributed by atoms with Gasteiger partial charge < -0.3 is 5.73 Å². The molecule has 0 aromatic heterocycles. The van der Waals surface area contributed by atoms with Crippen molar-refractivity contribution < 1.29 is 8.78 Å². The summed E-state index contributed by atoms with van der Waals surface area (Å²) in [7, 11) is 0. The highest BCUT2D eigenvalue weighted by Crippen LogP contribution is 2.30. The number of nitrogens with zero attached hydrogens (tertiary/aromatic N) is 1. The second-order valence-corrected chi connectivity index (χ2v) is 4.40. The Bertz CT molecular complexity index is 406. The number of thioether (sulfide) groups is 1. The molecule has 1 unspecified atom stereocenters. The van der Waals surface area contributed by atoms with Crippen LogP contribution in [-0.4, -0.2) is 10.9 Å². The van der Waals surface area contributed by atoms with Gasteiger partial charge in [0.25, 0.3) is 0 Å². The number of benzene rings is 1. The summed E-state index contributed by atoms with van der Waals surface area (Å²) < 4.78 is 26.1. The first-order chi connectivity index (χ1) is 7.16. The van der Waals surface area contributed by atoms with E-state index in [-0.39, 0.29) is 6.04 Å². The number of hydrogen-bond donors (Lipinski definition) is 1. The molecular weight excluding hydrogens is 218 g/mol. The van der Waals surface area contributed by atoms with Gasteiger partial charge in [0.2, 0.25) is 0 Å². The monoisotopic (exact) mass is 228 g/mol. The Balaban J connectivity index is 2.33. The predicted molar refractivity (Wildman–Crippen MR) is 57.8 cm³/mol. The van der Waals surface area contributed by atoms with Crippen LogP contribution in [0.25, 0.3) is 0 Å². The standard InChI is InChI=1S/C10H10F2N2S/c11-6-1-2-7(8(12)5-6)9-3-4-15-10(13)14-9/h1-2,5,9H,3-4H2,(H2,13,14).